The van der Waals surface area contributed by atoms with Gasteiger partial charge in [-0.25, -0.2) is 0 Å². The van der Waals surface area contributed by atoms with E-state index in [4.69, 9.17) is 0 Å². The average Bonchev–Trinajstić information content (AvgIpc) is 3.36. The first-order chi connectivity index (χ1) is 19.2. The highest BCUT2D eigenvalue weighted by Crippen LogP contribution is 2.37. The number of aromatic nitrogens is 1. The van der Waals surface area contributed by atoms with Gasteiger partial charge in [-0.3, -0.25) is 19.4 Å². The third-order valence-corrected chi connectivity index (χ3v) is 8.65. The third kappa shape index (κ3) is 5.12. The van der Waals surface area contributed by atoms with Crippen LogP contribution in [-0.4, -0.2) is 44.7 Å². The summed E-state index contributed by atoms with van der Waals surface area (Å²) in [5, 5.41) is 13.5. The number of fused-ring (bicyclic) bond motifs is 1. The fourth-order valence-electron chi connectivity index (χ4n) is 6.33. The Morgan fingerprint density at radius 1 is 1.07 bits per heavy atom. The summed E-state index contributed by atoms with van der Waals surface area (Å²) in [4.78, 5) is 48.7. The van der Waals surface area contributed by atoms with Crippen molar-refractivity contribution in [2.45, 2.75) is 71.5 Å². The summed E-state index contributed by atoms with van der Waals surface area (Å²) >= 11 is 0. The molecule has 1 saturated heterocycles. The fraction of sp³-hybridized carbons (Fsp3) is 0.394. The van der Waals surface area contributed by atoms with Crippen LogP contribution < -0.4 is 5.32 Å². The maximum atomic E-state index is 14.5. The number of hydrogen-bond acceptors (Lipinski definition) is 5. The summed E-state index contributed by atoms with van der Waals surface area (Å²) in [5.41, 5.74) is 5.10. The number of para-hydroxylation sites is 1. The SMILES string of the molecule is CC[C@H](C)[C@@H]1C(=O)N[C@H](C2Cc3ccccc3C2)C(=O)N1C(C(=O)Cc1ccccc1O)c1cnc(C)cc1C. The van der Waals surface area contributed by atoms with E-state index in [2.05, 4.69) is 22.4 Å². The number of aromatic hydroxyl groups is 1. The number of carbonyl (C=O) groups excluding carboxylic acids is 3. The number of ketones is 1. The molecule has 7 heteroatoms. The van der Waals surface area contributed by atoms with E-state index in [-0.39, 0.29) is 41.6 Å². The number of phenols is 1. The zero-order valence-corrected chi connectivity index (χ0v) is 23.6. The van der Waals surface area contributed by atoms with E-state index >= 15 is 0 Å². The number of nitrogens with zero attached hydrogens (tertiary/aromatic N) is 2. The monoisotopic (exact) mass is 539 g/mol. The van der Waals surface area contributed by atoms with E-state index in [1.807, 2.05) is 45.9 Å². The van der Waals surface area contributed by atoms with E-state index < -0.39 is 18.1 Å². The third-order valence-electron chi connectivity index (χ3n) is 8.65. The Bertz CT molecular complexity index is 1430. The van der Waals surface area contributed by atoms with Crippen molar-refractivity contribution >= 4 is 17.6 Å². The van der Waals surface area contributed by atoms with Crippen molar-refractivity contribution in [3.05, 3.63) is 94.3 Å². The number of Topliss-reactive ketones (excluding diaryl/α,β-unsaturated/α-hetero) is 1. The van der Waals surface area contributed by atoms with Crippen LogP contribution in [0, 0.1) is 25.7 Å². The number of amides is 2. The summed E-state index contributed by atoms with van der Waals surface area (Å²) in [5.74, 6) is -0.979. The molecule has 4 atom stereocenters. The van der Waals surface area contributed by atoms with Gasteiger partial charge >= 0.3 is 0 Å². The lowest BCUT2D eigenvalue weighted by molar-refractivity contribution is -0.159. The summed E-state index contributed by atoms with van der Waals surface area (Å²) in [6, 6.07) is 14.2. The largest absolute Gasteiger partial charge is 0.508 e. The van der Waals surface area contributed by atoms with Crippen LogP contribution in [0.5, 0.6) is 5.75 Å². The molecule has 7 nitrogen and oxygen atoms in total. The molecule has 2 aromatic carbocycles. The topological polar surface area (TPSA) is 99.6 Å². The Balaban J connectivity index is 1.60. The Morgan fingerprint density at radius 3 is 2.35 bits per heavy atom. The van der Waals surface area contributed by atoms with Gasteiger partial charge in [-0.15, -0.1) is 0 Å². The van der Waals surface area contributed by atoms with Gasteiger partial charge in [0.2, 0.25) is 11.8 Å². The Hall–Kier alpha value is -4.00. The van der Waals surface area contributed by atoms with Crippen molar-refractivity contribution in [1.82, 2.24) is 15.2 Å². The molecule has 2 amide bonds. The van der Waals surface area contributed by atoms with Gasteiger partial charge in [0.25, 0.3) is 0 Å². The molecule has 1 unspecified atom stereocenters. The number of carbonyl (C=O) groups is 3. The Morgan fingerprint density at radius 2 is 1.73 bits per heavy atom. The standard InChI is InChI=1S/C33H37N3O4/c1-5-19(2)30-32(39)35-29(25-15-22-10-6-7-11-23(22)16-25)33(40)36(30)31(26-18-34-21(4)14-20(26)3)28(38)17-24-12-8-9-13-27(24)37/h6-14,18-19,25,29-31,37H,5,15-17H2,1-4H3,(H,35,39)/t19-,29+,30+,31?/m0/s1. The Labute approximate surface area is 235 Å². The lowest BCUT2D eigenvalue weighted by Crippen LogP contribution is -2.68. The molecule has 2 N–H and O–H groups in total. The number of nitrogens with one attached hydrogen (secondary N) is 1. The van der Waals surface area contributed by atoms with Crippen LogP contribution >= 0.6 is 0 Å². The summed E-state index contributed by atoms with van der Waals surface area (Å²) in [7, 11) is 0. The van der Waals surface area contributed by atoms with Gasteiger partial charge in [-0.1, -0.05) is 62.7 Å². The molecule has 0 bridgehead atoms. The molecular formula is C33H37N3O4. The van der Waals surface area contributed by atoms with Crippen LogP contribution in [0.4, 0.5) is 0 Å². The number of benzene rings is 2. The lowest BCUT2D eigenvalue weighted by Gasteiger charge is -2.46. The minimum absolute atomic E-state index is 0.0242. The molecule has 1 aliphatic carbocycles. The molecule has 1 aliphatic heterocycles. The van der Waals surface area contributed by atoms with E-state index in [1.165, 1.54) is 11.1 Å². The molecule has 0 radical (unpaired) electrons. The van der Waals surface area contributed by atoms with Gasteiger partial charge in [-0.05, 0) is 67.3 Å². The first kappa shape index (κ1) is 27.6. The van der Waals surface area contributed by atoms with Crippen molar-refractivity contribution in [1.29, 1.82) is 0 Å². The van der Waals surface area contributed by atoms with E-state index in [9.17, 15) is 19.5 Å². The molecule has 208 valence electrons. The smallest absolute Gasteiger partial charge is 0.247 e. The average molecular weight is 540 g/mol. The quantitative estimate of drug-likeness (QED) is 0.442. The van der Waals surface area contributed by atoms with Crippen molar-refractivity contribution in [2.24, 2.45) is 11.8 Å². The van der Waals surface area contributed by atoms with Gasteiger partial charge in [0.1, 0.15) is 23.9 Å². The molecule has 1 aromatic heterocycles. The Kier molecular flexibility index (Phi) is 7.74. The van der Waals surface area contributed by atoms with Crippen molar-refractivity contribution < 1.29 is 19.5 Å². The van der Waals surface area contributed by atoms with E-state index in [1.54, 1.807) is 35.4 Å². The number of pyridine rings is 1. The maximum absolute atomic E-state index is 14.5. The molecule has 0 spiro atoms. The highest BCUT2D eigenvalue weighted by atomic mass is 16.3. The van der Waals surface area contributed by atoms with Crippen LogP contribution in [-0.2, 0) is 33.6 Å². The second-order valence-electron chi connectivity index (χ2n) is 11.4. The van der Waals surface area contributed by atoms with E-state index in [0.29, 0.717) is 30.4 Å². The van der Waals surface area contributed by atoms with Crippen LogP contribution in [0.3, 0.4) is 0 Å². The van der Waals surface area contributed by atoms with Gasteiger partial charge in [-0.2, -0.15) is 0 Å². The van der Waals surface area contributed by atoms with Gasteiger partial charge in [0.05, 0.1) is 0 Å². The fourth-order valence-corrected chi connectivity index (χ4v) is 6.33. The first-order valence-electron chi connectivity index (χ1n) is 14.1. The van der Waals surface area contributed by atoms with Crippen LogP contribution in [0.15, 0.2) is 60.8 Å². The first-order valence-corrected chi connectivity index (χ1v) is 14.1. The predicted molar refractivity (Wildman–Crippen MR) is 153 cm³/mol. The van der Waals surface area contributed by atoms with Crippen LogP contribution in [0.25, 0.3) is 0 Å². The lowest BCUT2D eigenvalue weighted by atomic mass is 9.84. The minimum atomic E-state index is -1.02. The summed E-state index contributed by atoms with van der Waals surface area (Å²) < 4.78 is 0. The summed E-state index contributed by atoms with van der Waals surface area (Å²) in [6.45, 7) is 7.71. The zero-order chi connectivity index (χ0) is 28.6. The van der Waals surface area contributed by atoms with E-state index in [0.717, 1.165) is 11.3 Å². The van der Waals surface area contributed by atoms with Crippen molar-refractivity contribution in [3.63, 3.8) is 0 Å². The molecule has 2 heterocycles. The van der Waals surface area contributed by atoms with Gasteiger partial charge in [0, 0.05) is 29.4 Å². The number of hydrogen-bond donors (Lipinski definition) is 2. The van der Waals surface area contributed by atoms with Gasteiger partial charge in [0.15, 0.2) is 5.78 Å². The highest BCUT2D eigenvalue weighted by molar-refractivity contribution is 6.01. The zero-order valence-electron chi connectivity index (χ0n) is 23.6. The number of phenolic OH excluding ortho intramolecular Hbond substituents is 1. The molecule has 0 saturated carbocycles. The number of rotatable bonds is 8. The van der Waals surface area contributed by atoms with Crippen molar-refractivity contribution in [2.75, 3.05) is 0 Å². The molecule has 3 aromatic rings. The summed E-state index contributed by atoms with van der Waals surface area (Å²) in [6.07, 6.45) is 3.62. The maximum Gasteiger partial charge on any atom is 0.247 e. The predicted octanol–water partition coefficient (Wildman–Crippen LogP) is 4.41. The normalized spacial score (nSPS) is 20.6. The van der Waals surface area contributed by atoms with Crippen molar-refractivity contribution in [3.8, 4) is 5.75 Å². The second-order valence-corrected chi connectivity index (χ2v) is 11.4. The van der Waals surface area contributed by atoms with Gasteiger partial charge < -0.3 is 15.3 Å². The minimum Gasteiger partial charge on any atom is -0.508 e. The highest BCUT2D eigenvalue weighted by Gasteiger charge is 2.50. The molecule has 1 fully saturated rings. The molecule has 40 heavy (non-hydrogen) atoms. The molecule has 5 rings (SSSR count). The number of piperazine rings is 1. The van der Waals surface area contributed by atoms with Crippen LogP contribution in [0.1, 0.15) is 59.8 Å². The molecular weight excluding hydrogens is 502 g/mol. The van der Waals surface area contributed by atoms with Crippen LogP contribution in [0.2, 0.25) is 0 Å². The second kappa shape index (κ2) is 11.2. The number of aryl methyl sites for hydroxylation is 2. The molecule has 2 aliphatic rings.